The van der Waals surface area contributed by atoms with E-state index in [1.165, 1.54) is 15.8 Å². The molecule has 0 aliphatic carbocycles. The average Bonchev–Trinajstić information content (AvgIpc) is 3.06. The van der Waals surface area contributed by atoms with Gasteiger partial charge in [0.05, 0.1) is 6.20 Å². The number of likely N-dealkylation sites (N-methyl/N-ethyl adjacent to an activating group) is 2. The van der Waals surface area contributed by atoms with Crippen LogP contribution in [0.25, 0.3) is 0 Å². The third kappa shape index (κ3) is 3.97. The lowest BCUT2D eigenvalue weighted by molar-refractivity contribution is -0.139. The highest BCUT2D eigenvalue weighted by Crippen LogP contribution is 2.14. The molecule has 0 bridgehead atoms. The molecule has 1 atom stereocenters. The molecule has 138 valence electrons. The molecule has 2 rings (SSSR count). The van der Waals surface area contributed by atoms with Gasteiger partial charge >= 0.3 is 0 Å². The van der Waals surface area contributed by atoms with Gasteiger partial charge in [-0.1, -0.05) is 5.21 Å². The van der Waals surface area contributed by atoms with E-state index in [-0.39, 0.29) is 30.0 Å². The number of hydrogen-bond acceptors (Lipinski definition) is 5. The van der Waals surface area contributed by atoms with Crippen molar-refractivity contribution in [1.82, 2.24) is 29.7 Å². The minimum Gasteiger partial charge on any atom is -0.342 e. The van der Waals surface area contributed by atoms with Crippen LogP contribution in [0.2, 0.25) is 0 Å². The second-order valence-corrected chi connectivity index (χ2v) is 5.96. The Morgan fingerprint density at radius 2 is 1.92 bits per heavy atom. The largest absolute Gasteiger partial charge is 0.342 e. The van der Waals surface area contributed by atoms with Gasteiger partial charge in [0.15, 0.2) is 5.69 Å². The lowest BCUT2D eigenvalue weighted by Crippen LogP contribution is -2.57. The summed E-state index contributed by atoms with van der Waals surface area (Å²) >= 11 is 0. The van der Waals surface area contributed by atoms with Gasteiger partial charge in [-0.05, 0) is 27.7 Å². The number of hydrogen-bond donors (Lipinski definition) is 0. The number of amides is 3. The quantitative estimate of drug-likeness (QED) is 0.711. The topological polar surface area (TPSA) is 91.6 Å². The van der Waals surface area contributed by atoms with Gasteiger partial charge in [0.25, 0.3) is 5.91 Å². The van der Waals surface area contributed by atoms with E-state index in [2.05, 4.69) is 10.3 Å². The number of rotatable bonds is 6. The van der Waals surface area contributed by atoms with Gasteiger partial charge in [-0.25, -0.2) is 4.68 Å². The first kappa shape index (κ1) is 18.9. The molecule has 0 N–H and O–H groups in total. The van der Waals surface area contributed by atoms with Gasteiger partial charge in [0.2, 0.25) is 11.8 Å². The van der Waals surface area contributed by atoms with Crippen molar-refractivity contribution in [2.75, 3.05) is 32.7 Å². The second kappa shape index (κ2) is 8.09. The lowest BCUT2D eigenvalue weighted by Gasteiger charge is -2.38. The third-order valence-corrected chi connectivity index (χ3v) is 4.56. The molecule has 0 aromatic carbocycles. The first-order chi connectivity index (χ1) is 11.9. The summed E-state index contributed by atoms with van der Waals surface area (Å²) in [4.78, 5) is 41.9. The van der Waals surface area contributed by atoms with Gasteiger partial charge in [-0.15, -0.1) is 5.10 Å². The molecule has 25 heavy (non-hydrogen) atoms. The van der Waals surface area contributed by atoms with E-state index in [9.17, 15) is 14.4 Å². The van der Waals surface area contributed by atoms with Crippen LogP contribution in [0.5, 0.6) is 0 Å². The normalized spacial score (nSPS) is 17.8. The van der Waals surface area contributed by atoms with Crippen LogP contribution in [0.3, 0.4) is 0 Å². The van der Waals surface area contributed by atoms with E-state index >= 15 is 0 Å². The Labute approximate surface area is 147 Å². The number of aromatic nitrogens is 3. The predicted octanol–water partition coefficient (Wildman–Crippen LogP) is -0.161. The minimum atomic E-state index is -0.524. The first-order valence-electron chi connectivity index (χ1n) is 8.70. The van der Waals surface area contributed by atoms with E-state index in [0.717, 1.165) is 0 Å². The maximum atomic E-state index is 12.6. The van der Waals surface area contributed by atoms with Crippen molar-refractivity contribution in [2.45, 2.75) is 40.3 Å². The van der Waals surface area contributed by atoms with Gasteiger partial charge in [-0.3, -0.25) is 14.4 Å². The standard InChI is InChI=1S/C16H26N6O3/c1-5-19(6-2)14(23)11-21-10-13(17-18-21)16(25)22-9-8-20(7-3)15(24)12(22)4/h10,12H,5-9,11H2,1-4H3/t12-/m0/s1. The lowest BCUT2D eigenvalue weighted by atomic mass is 10.1. The Morgan fingerprint density at radius 3 is 2.52 bits per heavy atom. The van der Waals surface area contributed by atoms with Crippen molar-refractivity contribution in [1.29, 1.82) is 0 Å². The molecular formula is C16H26N6O3. The Balaban J connectivity index is 2.05. The van der Waals surface area contributed by atoms with Gasteiger partial charge in [0, 0.05) is 32.7 Å². The fraction of sp³-hybridized carbons (Fsp3) is 0.688. The Kier molecular flexibility index (Phi) is 6.11. The van der Waals surface area contributed by atoms with Crippen molar-refractivity contribution in [3.8, 4) is 0 Å². The predicted molar refractivity (Wildman–Crippen MR) is 90.7 cm³/mol. The molecule has 1 saturated heterocycles. The van der Waals surface area contributed by atoms with E-state index in [1.807, 2.05) is 20.8 Å². The number of carbonyl (C=O) groups is 3. The van der Waals surface area contributed by atoms with Crippen molar-refractivity contribution < 1.29 is 14.4 Å². The maximum Gasteiger partial charge on any atom is 0.276 e. The fourth-order valence-electron chi connectivity index (χ4n) is 2.96. The Morgan fingerprint density at radius 1 is 1.24 bits per heavy atom. The maximum absolute atomic E-state index is 12.6. The minimum absolute atomic E-state index is 0.0417. The monoisotopic (exact) mass is 350 g/mol. The molecule has 1 fully saturated rings. The van der Waals surface area contributed by atoms with Crippen LogP contribution in [0.15, 0.2) is 6.20 Å². The van der Waals surface area contributed by atoms with Crippen molar-refractivity contribution in [2.24, 2.45) is 0 Å². The summed E-state index contributed by atoms with van der Waals surface area (Å²) in [6, 6.07) is -0.524. The van der Waals surface area contributed by atoms with Crippen molar-refractivity contribution in [3.63, 3.8) is 0 Å². The Bertz CT molecular complexity index is 640. The molecule has 0 saturated carbocycles. The third-order valence-electron chi connectivity index (χ3n) is 4.56. The highest BCUT2D eigenvalue weighted by Gasteiger charge is 2.35. The second-order valence-electron chi connectivity index (χ2n) is 5.96. The summed E-state index contributed by atoms with van der Waals surface area (Å²) < 4.78 is 1.36. The number of piperazine rings is 1. The Hall–Kier alpha value is -2.45. The first-order valence-corrected chi connectivity index (χ1v) is 8.70. The molecule has 0 radical (unpaired) electrons. The van der Waals surface area contributed by atoms with Crippen LogP contribution in [-0.2, 0) is 16.1 Å². The summed E-state index contributed by atoms with van der Waals surface area (Å²) in [5.41, 5.74) is 0.150. The van der Waals surface area contributed by atoms with Crippen molar-refractivity contribution in [3.05, 3.63) is 11.9 Å². The fourth-order valence-corrected chi connectivity index (χ4v) is 2.96. The molecule has 2 heterocycles. The molecule has 1 aliphatic heterocycles. The number of carbonyl (C=O) groups excluding carboxylic acids is 3. The summed E-state index contributed by atoms with van der Waals surface area (Å²) in [7, 11) is 0. The van der Waals surface area contributed by atoms with E-state index in [4.69, 9.17) is 0 Å². The smallest absolute Gasteiger partial charge is 0.276 e. The molecule has 1 aromatic rings. The summed E-state index contributed by atoms with van der Waals surface area (Å²) in [5, 5.41) is 7.75. The average molecular weight is 350 g/mol. The van der Waals surface area contributed by atoms with Gasteiger partial charge in [-0.2, -0.15) is 0 Å². The molecule has 1 aliphatic rings. The molecule has 9 heteroatoms. The van der Waals surface area contributed by atoms with Gasteiger partial charge in [0.1, 0.15) is 12.6 Å². The van der Waals surface area contributed by atoms with Crippen LogP contribution >= 0.6 is 0 Å². The van der Waals surface area contributed by atoms with Crippen LogP contribution in [0, 0.1) is 0 Å². The molecule has 0 unspecified atom stereocenters. The van der Waals surface area contributed by atoms with Crippen LogP contribution in [0.1, 0.15) is 38.2 Å². The van der Waals surface area contributed by atoms with Gasteiger partial charge < -0.3 is 14.7 Å². The molecule has 9 nitrogen and oxygen atoms in total. The molecule has 0 spiro atoms. The zero-order valence-electron chi connectivity index (χ0n) is 15.3. The summed E-state index contributed by atoms with van der Waals surface area (Å²) in [6.07, 6.45) is 1.47. The SMILES string of the molecule is CCN(CC)C(=O)Cn1cc(C(=O)N2CCN(CC)C(=O)[C@@H]2C)nn1. The molecule has 1 aromatic heterocycles. The van der Waals surface area contributed by atoms with E-state index < -0.39 is 6.04 Å². The van der Waals surface area contributed by atoms with Crippen LogP contribution < -0.4 is 0 Å². The number of nitrogens with zero attached hydrogens (tertiary/aromatic N) is 6. The van der Waals surface area contributed by atoms with Crippen LogP contribution in [-0.4, -0.2) is 86.2 Å². The summed E-state index contributed by atoms with van der Waals surface area (Å²) in [6.45, 7) is 10.4. The molecular weight excluding hydrogens is 324 g/mol. The van der Waals surface area contributed by atoms with E-state index in [0.29, 0.717) is 32.7 Å². The zero-order valence-corrected chi connectivity index (χ0v) is 15.3. The summed E-state index contributed by atoms with van der Waals surface area (Å²) in [5.74, 6) is -0.474. The van der Waals surface area contributed by atoms with Crippen molar-refractivity contribution >= 4 is 17.7 Å². The zero-order chi connectivity index (χ0) is 18.6. The van der Waals surface area contributed by atoms with E-state index in [1.54, 1.807) is 16.7 Å². The molecule has 3 amide bonds. The van der Waals surface area contributed by atoms with Crippen LogP contribution in [0.4, 0.5) is 0 Å². The highest BCUT2D eigenvalue weighted by molar-refractivity contribution is 5.96. The highest BCUT2D eigenvalue weighted by atomic mass is 16.2.